The van der Waals surface area contributed by atoms with Gasteiger partial charge in [0.2, 0.25) is 10.0 Å². The zero-order chi connectivity index (χ0) is 14.3. The summed E-state index contributed by atoms with van der Waals surface area (Å²) in [5.74, 6) is -0.172. The maximum absolute atomic E-state index is 11.3. The Morgan fingerprint density at radius 3 is 2.42 bits per heavy atom. The van der Waals surface area contributed by atoms with Crippen molar-refractivity contribution in [3.8, 4) is 5.75 Å². The van der Waals surface area contributed by atoms with Gasteiger partial charge in [-0.05, 0) is 17.7 Å². The number of rotatable bonds is 7. The molecule has 0 heterocycles. The second kappa shape index (κ2) is 7.07. The lowest BCUT2D eigenvalue weighted by molar-refractivity contribution is -0.122. The number of ether oxygens (including phenoxy) is 1. The van der Waals surface area contributed by atoms with Crippen LogP contribution in [-0.2, 0) is 21.4 Å². The summed E-state index contributed by atoms with van der Waals surface area (Å²) in [5, 5.41) is 7.18. The monoisotopic (exact) mass is 287 g/mol. The van der Waals surface area contributed by atoms with Crippen LogP contribution < -0.4 is 20.9 Å². The summed E-state index contributed by atoms with van der Waals surface area (Å²) in [4.78, 5) is 11.3. The minimum atomic E-state index is -3.56. The van der Waals surface area contributed by atoms with Gasteiger partial charge in [-0.2, -0.15) is 0 Å². The van der Waals surface area contributed by atoms with E-state index in [1.807, 2.05) is 0 Å². The van der Waals surface area contributed by atoms with Crippen LogP contribution in [0.5, 0.6) is 5.75 Å². The predicted molar refractivity (Wildman–Crippen MR) is 70.8 cm³/mol. The van der Waals surface area contributed by atoms with Crippen molar-refractivity contribution in [2.75, 3.05) is 18.9 Å². The first-order valence-corrected chi connectivity index (χ1v) is 7.31. The standard InChI is InChI=1S/C11H17N3O4S/c12-7-9-1-3-10(4-2-9)18-8-11(15)14-5-6-19(13,16)17/h1-4H,5-8,12H2,(H,14,15)(H2,13,16,17). The molecule has 1 aromatic carbocycles. The molecule has 1 amide bonds. The molecule has 1 aromatic rings. The van der Waals surface area contributed by atoms with Crippen LogP contribution in [0.3, 0.4) is 0 Å². The molecule has 0 aromatic heterocycles. The number of hydrogen-bond donors (Lipinski definition) is 3. The molecule has 5 N–H and O–H groups in total. The predicted octanol–water partition coefficient (Wildman–Crippen LogP) is -1.07. The molecule has 0 aliphatic rings. The number of nitrogens with two attached hydrogens (primary N) is 2. The van der Waals surface area contributed by atoms with Crippen LogP contribution in [0.2, 0.25) is 0 Å². The highest BCUT2D eigenvalue weighted by Gasteiger charge is 2.06. The molecule has 0 aliphatic heterocycles. The number of sulfonamides is 1. The van der Waals surface area contributed by atoms with Crippen LogP contribution in [0.25, 0.3) is 0 Å². The summed E-state index contributed by atoms with van der Waals surface area (Å²) in [6.07, 6.45) is 0. The fraction of sp³-hybridized carbons (Fsp3) is 0.364. The number of carbonyl (C=O) groups is 1. The van der Waals surface area contributed by atoms with Crippen LogP contribution >= 0.6 is 0 Å². The van der Waals surface area contributed by atoms with E-state index in [-0.39, 0.29) is 18.9 Å². The summed E-state index contributed by atoms with van der Waals surface area (Å²) in [6.45, 7) is 0.216. The van der Waals surface area contributed by atoms with Crippen molar-refractivity contribution in [3.63, 3.8) is 0 Å². The molecule has 1 rings (SSSR count). The third-order valence-electron chi connectivity index (χ3n) is 2.24. The molecule has 0 radical (unpaired) electrons. The highest BCUT2D eigenvalue weighted by Crippen LogP contribution is 2.11. The maximum Gasteiger partial charge on any atom is 0.257 e. The summed E-state index contributed by atoms with van der Waals surface area (Å²) in [5.41, 5.74) is 6.41. The average Bonchev–Trinajstić information content (AvgIpc) is 2.35. The summed E-state index contributed by atoms with van der Waals surface area (Å²) in [7, 11) is -3.56. The summed E-state index contributed by atoms with van der Waals surface area (Å²) >= 11 is 0. The van der Waals surface area contributed by atoms with E-state index in [4.69, 9.17) is 15.6 Å². The second-order valence-corrected chi connectivity index (χ2v) is 5.59. The van der Waals surface area contributed by atoms with Crippen molar-refractivity contribution in [3.05, 3.63) is 29.8 Å². The lowest BCUT2D eigenvalue weighted by atomic mass is 10.2. The Bertz CT molecular complexity index is 513. The van der Waals surface area contributed by atoms with Crippen LogP contribution in [0.15, 0.2) is 24.3 Å². The van der Waals surface area contributed by atoms with E-state index in [0.29, 0.717) is 12.3 Å². The maximum atomic E-state index is 11.3. The van der Waals surface area contributed by atoms with Gasteiger partial charge in [0.25, 0.3) is 5.91 Å². The smallest absolute Gasteiger partial charge is 0.257 e. The van der Waals surface area contributed by atoms with Crippen molar-refractivity contribution in [1.29, 1.82) is 0 Å². The van der Waals surface area contributed by atoms with Crippen molar-refractivity contribution >= 4 is 15.9 Å². The van der Waals surface area contributed by atoms with Gasteiger partial charge in [0.05, 0.1) is 5.75 Å². The molecule has 106 valence electrons. The molecule has 0 unspecified atom stereocenters. The van der Waals surface area contributed by atoms with Crippen LogP contribution in [0.4, 0.5) is 0 Å². The van der Waals surface area contributed by atoms with E-state index >= 15 is 0 Å². The van der Waals surface area contributed by atoms with Gasteiger partial charge in [-0.25, -0.2) is 13.6 Å². The lowest BCUT2D eigenvalue weighted by Gasteiger charge is -2.07. The summed E-state index contributed by atoms with van der Waals surface area (Å²) in [6, 6.07) is 7.02. The van der Waals surface area contributed by atoms with Gasteiger partial charge < -0.3 is 15.8 Å². The molecule has 0 spiro atoms. The zero-order valence-corrected chi connectivity index (χ0v) is 11.2. The number of benzene rings is 1. The van der Waals surface area contributed by atoms with Gasteiger partial charge in [-0.1, -0.05) is 12.1 Å². The van der Waals surface area contributed by atoms with E-state index in [1.165, 1.54) is 0 Å². The number of carbonyl (C=O) groups excluding carboxylic acids is 1. The molecule has 19 heavy (non-hydrogen) atoms. The molecular weight excluding hydrogens is 270 g/mol. The van der Waals surface area contributed by atoms with Crippen molar-refractivity contribution < 1.29 is 17.9 Å². The lowest BCUT2D eigenvalue weighted by Crippen LogP contribution is -2.34. The van der Waals surface area contributed by atoms with Crippen molar-refractivity contribution in [1.82, 2.24) is 5.32 Å². The van der Waals surface area contributed by atoms with Crippen molar-refractivity contribution in [2.24, 2.45) is 10.9 Å². The van der Waals surface area contributed by atoms with Crippen molar-refractivity contribution in [2.45, 2.75) is 6.54 Å². The Morgan fingerprint density at radius 1 is 1.26 bits per heavy atom. The Labute approximate surface area is 112 Å². The average molecular weight is 287 g/mol. The van der Waals surface area contributed by atoms with E-state index in [1.54, 1.807) is 24.3 Å². The van der Waals surface area contributed by atoms with Crippen LogP contribution in [-0.4, -0.2) is 33.2 Å². The first kappa shape index (κ1) is 15.4. The van der Waals surface area contributed by atoms with Gasteiger partial charge in [0.1, 0.15) is 5.75 Å². The minimum Gasteiger partial charge on any atom is -0.484 e. The largest absolute Gasteiger partial charge is 0.484 e. The SMILES string of the molecule is NCc1ccc(OCC(=O)NCCS(N)(=O)=O)cc1. The Hall–Kier alpha value is -1.64. The van der Waals surface area contributed by atoms with Gasteiger partial charge >= 0.3 is 0 Å². The molecule has 7 nitrogen and oxygen atoms in total. The summed E-state index contributed by atoms with van der Waals surface area (Å²) < 4.78 is 26.5. The molecule has 0 saturated heterocycles. The fourth-order valence-corrected chi connectivity index (χ4v) is 1.64. The second-order valence-electron chi connectivity index (χ2n) is 3.85. The van der Waals surface area contributed by atoms with Gasteiger partial charge in [0.15, 0.2) is 6.61 Å². The first-order chi connectivity index (χ1) is 8.90. The minimum absolute atomic E-state index is 0.0346. The fourth-order valence-electron chi connectivity index (χ4n) is 1.25. The quantitative estimate of drug-likeness (QED) is 0.589. The molecular formula is C11H17N3O4S. The Balaban J connectivity index is 2.29. The highest BCUT2D eigenvalue weighted by atomic mass is 32.2. The number of nitrogens with one attached hydrogen (secondary N) is 1. The normalized spacial score (nSPS) is 11.1. The van der Waals surface area contributed by atoms with Gasteiger partial charge in [-0.3, -0.25) is 4.79 Å². The van der Waals surface area contributed by atoms with Crippen LogP contribution in [0, 0.1) is 0 Å². The Kier molecular flexibility index (Phi) is 5.74. The Morgan fingerprint density at radius 2 is 1.89 bits per heavy atom. The third-order valence-corrected chi connectivity index (χ3v) is 3.01. The number of amides is 1. The third kappa shape index (κ3) is 6.75. The first-order valence-electron chi connectivity index (χ1n) is 5.59. The molecule has 8 heteroatoms. The highest BCUT2D eigenvalue weighted by molar-refractivity contribution is 7.89. The number of hydrogen-bond acceptors (Lipinski definition) is 5. The molecule has 0 aliphatic carbocycles. The van der Waals surface area contributed by atoms with Gasteiger partial charge in [0, 0.05) is 13.1 Å². The van der Waals surface area contributed by atoms with E-state index < -0.39 is 15.9 Å². The van der Waals surface area contributed by atoms with E-state index in [9.17, 15) is 13.2 Å². The van der Waals surface area contributed by atoms with E-state index in [0.717, 1.165) is 5.56 Å². The number of primary sulfonamides is 1. The molecule has 0 bridgehead atoms. The zero-order valence-electron chi connectivity index (χ0n) is 10.3. The molecule has 0 atom stereocenters. The van der Waals surface area contributed by atoms with Gasteiger partial charge in [-0.15, -0.1) is 0 Å². The molecule has 0 fully saturated rings. The van der Waals surface area contributed by atoms with E-state index in [2.05, 4.69) is 5.32 Å². The van der Waals surface area contributed by atoms with Crippen LogP contribution in [0.1, 0.15) is 5.56 Å². The molecule has 0 saturated carbocycles. The topological polar surface area (TPSA) is 125 Å².